The summed E-state index contributed by atoms with van der Waals surface area (Å²) >= 11 is 0. The van der Waals surface area contributed by atoms with Crippen LogP contribution in [-0.2, 0) is 11.3 Å². The number of aromatic nitrogens is 2. The van der Waals surface area contributed by atoms with Gasteiger partial charge in [0.05, 0.1) is 12.6 Å². The van der Waals surface area contributed by atoms with Gasteiger partial charge in [-0.15, -0.1) is 0 Å². The zero-order chi connectivity index (χ0) is 11.6. The monoisotopic (exact) mass is 220 g/mol. The fourth-order valence-corrected chi connectivity index (χ4v) is 1.66. The van der Waals surface area contributed by atoms with Gasteiger partial charge in [0, 0.05) is 0 Å². The minimum Gasteiger partial charge on any atom is -0.346 e. The minimum atomic E-state index is -0.824. The van der Waals surface area contributed by atoms with E-state index in [2.05, 4.69) is 21.5 Å². The van der Waals surface area contributed by atoms with E-state index < -0.39 is 5.41 Å². The number of nitrogens with one attached hydrogen (secondary N) is 1. The summed E-state index contributed by atoms with van der Waals surface area (Å²) in [5.74, 6) is 0.651. The Balaban J connectivity index is 1.91. The molecule has 0 aliphatic heterocycles. The molecule has 0 bridgehead atoms. The van der Waals surface area contributed by atoms with E-state index in [9.17, 15) is 4.79 Å². The van der Waals surface area contributed by atoms with E-state index in [4.69, 9.17) is 9.78 Å². The highest BCUT2D eigenvalue weighted by atomic mass is 16.5. The van der Waals surface area contributed by atoms with Crippen molar-refractivity contribution in [2.75, 3.05) is 0 Å². The fourth-order valence-electron chi connectivity index (χ4n) is 1.66. The van der Waals surface area contributed by atoms with Crippen LogP contribution in [0.3, 0.4) is 0 Å². The van der Waals surface area contributed by atoms with Crippen LogP contribution >= 0.6 is 0 Å². The van der Waals surface area contributed by atoms with Crippen LogP contribution in [0.15, 0.2) is 4.52 Å². The van der Waals surface area contributed by atoms with Gasteiger partial charge in [-0.25, -0.2) is 0 Å². The maximum atomic E-state index is 11.7. The highest BCUT2D eigenvalue weighted by Gasteiger charge is 2.44. The molecule has 6 nitrogen and oxygen atoms in total. The summed E-state index contributed by atoms with van der Waals surface area (Å²) in [6, 6.07) is 2.08. The van der Waals surface area contributed by atoms with Gasteiger partial charge in [0.25, 0.3) is 0 Å². The highest BCUT2D eigenvalue weighted by molar-refractivity contribution is 5.86. The second-order valence-corrected chi connectivity index (χ2v) is 3.97. The van der Waals surface area contributed by atoms with Crippen molar-refractivity contribution < 1.29 is 9.32 Å². The van der Waals surface area contributed by atoms with E-state index in [0.717, 1.165) is 6.42 Å². The molecule has 0 saturated heterocycles. The van der Waals surface area contributed by atoms with Gasteiger partial charge in [-0.1, -0.05) is 5.16 Å². The first kappa shape index (κ1) is 10.6. The van der Waals surface area contributed by atoms with E-state index in [1.165, 1.54) is 0 Å². The van der Waals surface area contributed by atoms with E-state index in [1.807, 2.05) is 0 Å². The SMILES string of the molecule is Cc1noc(CNC(=O)C2(C#N)CCC2)n1. The van der Waals surface area contributed by atoms with Crippen LogP contribution in [0, 0.1) is 23.7 Å². The molecule has 84 valence electrons. The van der Waals surface area contributed by atoms with E-state index in [1.54, 1.807) is 6.92 Å². The number of rotatable bonds is 3. The standard InChI is InChI=1S/C10H12N4O2/c1-7-13-8(16-14-7)5-12-9(15)10(6-11)3-2-4-10/h2-5H2,1H3,(H,12,15). The molecule has 1 aliphatic rings. The average molecular weight is 220 g/mol. The molecule has 1 amide bonds. The van der Waals surface area contributed by atoms with Crippen molar-refractivity contribution in [2.45, 2.75) is 32.7 Å². The molecule has 1 aromatic rings. The van der Waals surface area contributed by atoms with Crippen molar-refractivity contribution in [1.29, 1.82) is 5.26 Å². The first-order valence-corrected chi connectivity index (χ1v) is 5.15. The maximum Gasteiger partial charge on any atom is 0.246 e. The lowest BCUT2D eigenvalue weighted by molar-refractivity contribution is -0.132. The second kappa shape index (κ2) is 3.93. The number of hydrogen-bond acceptors (Lipinski definition) is 5. The Morgan fingerprint density at radius 3 is 2.88 bits per heavy atom. The first-order valence-electron chi connectivity index (χ1n) is 5.15. The van der Waals surface area contributed by atoms with Crippen LogP contribution in [-0.4, -0.2) is 16.0 Å². The van der Waals surface area contributed by atoms with E-state index >= 15 is 0 Å². The number of nitrogens with zero attached hydrogens (tertiary/aromatic N) is 3. The summed E-state index contributed by atoms with van der Waals surface area (Å²) in [7, 11) is 0. The van der Waals surface area contributed by atoms with Crippen molar-refractivity contribution in [3.05, 3.63) is 11.7 Å². The molecule has 0 radical (unpaired) electrons. The summed E-state index contributed by atoms with van der Waals surface area (Å²) in [4.78, 5) is 15.7. The van der Waals surface area contributed by atoms with Gasteiger partial charge in [-0.3, -0.25) is 4.79 Å². The van der Waals surface area contributed by atoms with Gasteiger partial charge in [0.15, 0.2) is 5.82 Å². The predicted octanol–water partition coefficient (Wildman–Crippen LogP) is 0.688. The van der Waals surface area contributed by atoms with Crippen molar-refractivity contribution in [3.63, 3.8) is 0 Å². The Bertz CT molecular complexity index is 442. The number of hydrogen-bond donors (Lipinski definition) is 1. The average Bonchev–Trinajstić information content (AvgIpc) is 2.60. The van der Waals surface area contributed by atoms with Crippen LogP contribution < -0.4 is 5.32 Å². The molecule has 6 heteroatoms. The maximum absolute atomic E-state index is 11.7. The number of carbonyl (C=O) groups is 1. The summed E-state index contributed by atoms with van der Waals surface area (Å²) in [5, 5.41) is 15.2. The molecule has 1 saturated carbocycles. The molecule has 16 heavy (non-hydrogen) atoms. The van der Waals surface area contributed by atoms with Gasteiger partial charge in [-0.2, -0.15) is 10.2 Å². The van der Waals surface area contributed by atoms with E-state index in [-0.39, 0.29) is 12.5 Å². The Labute approximate surface area is 92.6 Å². The Morgan fingerprint density at radius 1 is 1.69 bits per heavy atom. The Kier molecular flexibility index (Phi) is 2.60. The largest absolute Gasteiger partial charge is 0.346 e. The smallest absolute Gasteiger partial charge is 0.246 e. The number of aryl methyl sites for hydroxylation is 1. The van der Waals surface area contributed by atoms with Gasteiger partial charge in [0.1, 0.15) is 5.41 Å². The molecule has 2 rings (SSSR count). The molecular weight excluding hydrogens is 208 g/mol. The number of amides is 1. The summed E-state index contributed by atoms with van der Waals surface area (Å²) in [5.41, 5.74) is -0.824. The number of nitriles is 1. The van der Waals surface area contributed by atoms with Crippen LogP contribution in [0.2, 0.25) is 0 Å². The quantitative estimate of drug-likeness (QED) is 0.808. The third kappa shape index (κ3) is 1.76. The van der Waals surface area contributed by atoms with Gasteiger partial charge in [-0.05, 0) is 26.2 Å². The first-order chi connectivity index (χ1) is 7.66. The molecule has 1 fully saturated rings. The van der Waals surface area contributed by atoms with Crippen LogP contribution in [0.1, 0.15) is 31.0 Å². The van der Waals surface area contributed by atoms with Crippen LogP contribution in [0.5, 0.6) is 0 Å². The minimum absolute atomic E-state index is 0.184. The number of carbonyl (C=O) groups excluding carboxylic acids is 1. The molecule has 0 aromatic carbocycles. The zero-order valence-corrected chi connectivity index (χ0v) is 8.99. The molecule has 1 heterocycles. The lowest BCUT2D eigenvalue weighted by Crippen LogP contribution is -2.44. The normalized spacial score (nSPS) is 17.2. The Hall–Kier alpha value is -1.90. The lowest BCUT2D eigenvalue weighted by atomic mass is 9.69. The third-order valence-electron chi connectivity index (χ3n) is 2.83. The molecule has 0 spiro atoms. The molecular formula is C10H12N4O2. The van der Waals surface area contributed by atoms with Crippen molar-refractivity contribution in [3.8, 4) is 6.07 Å². The molecule has 1 aromatic heterocycles. The molecule has 1 N–H and O–H groups in total. The Morgan fingerprint density at radius 2 is 2.44 bits per heavy atom. The van der Waals surface area contributed by atoms with Gasteiger partial charge >= 0.3 is 0 Å². The third-order valence-corrected chi connectivity index (χ3v) is 2.83. The predicted molar refractivity (Wildman–Crippen MR) is 52.8 cm³/mol. The zero-order valence-electron chi connectivity index (χ0n) is 8.99. The van der Waals surface area contributed by atoms with Gasteiger partial charge in [0.2, 0.25) is 11.8 Å². The molecule has 0 atom stereocenters. The summed E-state index contributed by atoms with van der Waals surface area (Å²) in [6.45, 7) is 1.89. The topological polar surface area (TPSA) is 91.8 Å². The van der Waals surface area contributed by atoms with Crippen LogP contribution in [0.25, 0.3) is 0 Å². The fraction of sp³-hybridized carbons (Fsp3) is 0.600. The second-order valence-electron chi connectivity index (χ2n) is 3.97. The van der Waals surface area contributed by atoms with Gasteiger partial charge < -0.3 is 9.84 Å². The van der Waals surface area contributed by atoms with Crippen LogP contribution in [0.4, 0.5) is 0 Å². The molecule has 0 unspecified atom stereocenters. The summed E-state index contributed by atoms with van der Waals surface area (Å²) in [6.07, 6.45) is 2.21. The van der Waals surface area contributed by atoms with Crippen molar-refractivity contribution in [2.24, 2.45) is 5.41 Å². The van der Waals surface area contributed by atoms with E-state index in [0.29, 0.717) is 24.6 Å². The lowest BCUT2D eigenvalue weighted by Gasteiger charge is -2.33. The molecule has 1 aliphatic carbocycles. The van der Waals surface area contributed by atoms with Crippen molar-refractivity contribution in [1.82, 2.24) is 15.5 Å². The highest BCUT2D eigenvalue weighted by Crippen LogP contribution is 2.40. The summed E-state index contributed by atoms with van der Waals surface area (Å²) < 4.78 is 4.85. The van der Waals surface area contributed by atoms with Crippen molar-refractivity contribution >= 4 is 5.91 Å².